The number of rotatable bonds is 5. The maximum Gasteiger partial charge on any atom is 0.471 e. The summed E-state index contributed by atoms with van der Waals surface area (Å²) in [5.74, 6) is -3.92. The molecule has 13 heteroatoms. The number of likely N-dealkylation sites (tertiary alicyclic amines) is 1. The molecule has 1 aliphatic heterocycles. The number of piperidine rings is 1. The zero-order valence-electron chi connectivity index (χ0n) is 21.0. The van der Waals surface area contributed by atoms with E-state index in [0.29, 0.717) is 11.2 Å². The van der Waals surface area contributed by atoms with Gasteiger partial charge in [-0.2, -0.15) is 23.5 Å². The maximum absolute atomic E-state index is 13.6. The van der Waals surface area contributed by atoms with Crippen molar-refractivity contribution in [3.63, 3.8) is 0 Å². The second-order valence-electron chi connectivity index (χ2n) is 11.2. The third kappa shape index (κ3) is 4.60. The van der Waals surface area contributed by atoms with Gasteiger partial charge in [-0.3, -0.25) is 14.4 Å². The molecule has 1 saturated carbocycles. The molecule has 0 spiro atoms. The number of carbonyl (C=O) groups is 3. The zero-order chi connectivity index (χ0) is 27.5. The van der Waals surface area contributed by atoms with Gasteiger partial charge in [0.15, 0.2) is 5.65 Å². The van der Waals surface area contributed by atoms with Crippen molar-refractivity contribution in [1.82, 2.24) is 30.1 Å². The minimum Gasteiger partial charge on any atom is -0.336 e. The highest BCUT2D eigenvalue weighted by molar-refractivity contribution is 5.95. The summed E-state index contributed by atoms with van der Waals surface area (Å²) in [6.45, 7) is 8.66. The van der Waals surface area contributed by atoms with Crippen molar-refractivity contribution < 1.29 is 27.6 Å². The molecule has 1 saturated heterocycles. The first kappa shape index (κ1) is 26.4. The van der Waals surface area contributed by atoms with Crippen LogP contribution in [0.3, 0.4) is 0 Å². The molecule has 2 aliphatic rings. The average Bonchev–Trinajstić information content (AvgIpc) is 3.19. The smallest absolute Gasteiger partial charge is 0.336 e. The molecule has 2 fully saturated rings. The molecule has 4 rings (SSSR count). The Morgan fingerprint density at radius 3 is 2.49 bits per heavy atom. The third-order valence-electron chi connectivity index (χ3n) is 7.44. The first-order valence-corrected chi connectivity index (χ1v) is 11.8. The van der Waals surface area contributed by atoms with E-state index in [1.807, 2.05) is 25.2 Å². The number of nitrogens with one attached hydrogen (secondary N) is 2. The summed E-state index contributed by atoms with van der Waals surface area (Å²) in [7, 11) is 0. The standard InChI is InChI=1S/C24H28F3N7O3/c1-22(2,3)17(32-21(37)24(25,26)27)20(36)33-11-13-15(23(13,4)5)16(33)19(35)31-14(9-28)12-10-30-34-8-6-7-29-18(12)34/h6-8,10,13-17H,11H2,1-5H3,(H,31,35)(H,32,37)/t13-,14?,15-,16-,17?/m0/s1. The van der Waals surface area contributed by atoms with E-state index in [1.54, 1.807) is 12.3 Å². The first-order valence-electron chi connectivity index (χ1n) is 11.8. The summed E-state index contributed by atoms with van der Waals surface area (Å²) in [5, 5.41) is 18.4. The average molecular weight is 520 g/mol. The van der Waals surface area contributed by atoms with Crippen molar-refractivity contribution >= 4 is 23.4 Å². The van der Waals surface area contributed by atoms with Crippen molar-refractivity contribution in [3.05, 3.63) is 30.2 Å². The Morgan fingerprint density at radius 2 is 1.89 bits per heavy atom. The Bertz CT molecular complexity index is 1290. The molecule has 3 amide bonds. The summed E-state index contributed by atoms with van der Waals surface area (Å²) in [5.41, 5.74) is -0.608. The van der Waals surface area contributed by atoms with E-state index in [1.165, 1.54) is 42.6 Å². The minimum absolute atomic E-state index is 0.0506. The fraction of sp³-hybridized carbons (Fsp3) is 0.583. The predicted molar refractivity (Wildman–Crippen MR) is 123 cm³/mol. The molecular formula is C24H28F3N7O3. The van der Waals surface area contributed by atoms with E-state index < -0.39 is 47.4 Å². The molecule has 2 N–H and O–H groups in total. The SMILES string of the molecule is CC(C)(C)C(NC(=O)C(F)(F)F)C(=O)N1C[C@H]2[C@@H]([C@H]1C(=O)NC(C#N)c1cnn3cccnc13)C2(C)C. The topological polar surface area (TPSA) is 132 Å². The normalized spacial score (nSPS) is 24.1. The summed E-state index contributed by atoms with van der Waals surface area (Å²) in [6.07, 6.45) is -0.593. The first-order chi connectivity index (χ1) is 17.1. The van der Waals surface area contributed by atoms with E-state index in [0.717, 1.165) is 0 Å². The van der Waals surface area contributed by atoms with Gasteiger partial charge in [-0.1, -0.05) is 34.6 Å². The molecule has 198 valence electrons. The van der Waals surface area contributed by atoms with Crippen LogP contribution in [0.2, 0.25) is 0 Å². The van der Waals surface area contributed by atoms with Crippen LogP contribution >= 0.6 is 0 Å². The Labute approximate surface area is 211 Å². The molecular weight excluding hydrogens is 491 g/mol. The molecule has 2 unspecified atom stereocenters. The van der Waals surface area contributed by atoms with Gasteiger partial charge >= 0.3 is 12.1 Å². The molecule has 0 bridgehead atoms. The lowest BCUT2D eigenvalue weighted by Crippen LogP contribution is -2.60. The van der Waals surface area contributed by atoms with Gasteiger partial charge in [0.25, 0.3) is 0 Å². The fourth-order valence-corrected chi connectivity index (χ4v) is 5.30. The Hall–Kier alpha value is -3.69. The summed E-state index contributed by atoms with van der Waals surface area (Å²) in [6, 6.07) is 0.0136. The van der Waals surface area contributed by atoms with Crippen LogP contribution in [0.5, 0.6) is 0 Å². The molecule has 0 aromatic carbocycles. The Morgan fingerprint density at radius 1 is 1.22 bits per heavy atom. The molecule has 2 aromatic rings. The van der Waals surface area contributed by atoms with Crippen molar-refractivity contribution in [1.29, 1.82) is 5.26 Å². The number of carbonyl (C=O) groups excluding carboxylic acids is 3. The maximum atomic E-state index is 13.6. The van der Waals surface area contributed by atoms with E-state index in [-0.39, 0.29) is 23.8 Å². The minimum atomic E-state index is -5.17. The highest BCUT2D eigenvalue weighted by Crippen LogP contribution is 2.65. The van der Waals surface area contributed by atoms with Crippen LogP contribution in [0.25, 0.3) is 5.65 Å². The van der Waals surface area contributed by atoms with Crippen LogP contribution in [0.4, 0.5) is 13.2 Å². The molecule has 2 aromatic heterocycles. The summed E-state index contributed by atoms with van der Waals surface area (Å²) in [4.78, 5) is 44.3. The van der Waals surface area contributed by atoms with Gasteiger partial charge in [0.1, 0.15) is 18.1 Å². The van der Waals surface area contributed by atoms with Gasteiger partial charge in [-0.05, 0) is 28.7 Å². The van der Waals surface area contributed by atoms with Crippen LogP contribution in [0.15, 0.2) is 24.7 Å². The van der Waals surface area contributed by atoms with Gasteiger partial charge in [-0.25, -0.2) is 9.50 Å². The van der Waals surface area contributed by atoms with Crippen LogP contribution in [-0.4, -0.2) is 62.0 Å². The Kier molecular flexibility index (Phi) is 6.21. The van der Waals surface area contributed by atoms with Gasteiger partial charge in [0.2, 0.25) is 11.8 Å². The quantitative estimate of drug-likeness (QED) is 0.621. The van der Waals surface area contributed by atoms with Crippen LogP contribution in [0.1, 0.15) is 46.2 Å². The van der Waals surface area contributed by atoms with Crippen LogP contribution in [0, 0.1) is 34.0 Å². The highest BCUT2D eigenvalue weighted by atomic mass is 19.4. The highest BCUT2D eigenvalue weighted by Gasteiger charge is 2.70. The van der Waals surface area contributed by atoms with E-state index >= 15 is 0 Å². The number of alkyl halides is 3. The van der Waals surface area contributed by atoms with Crippen molar-refractivity contribution in [2.45, 2.75) is 58.9 Å². The van der Waals surface area contributed by atoms with E-state index in [9.17, 15) is 32.8 Å². The van der Waals surface area contributed by atoms with Crippen LogP contribution in [-0.2, 0) is 14.4 Å². The monoisotopic (exact) mass is 519 g/mol. The number of fused-ring (bicyclic) bond motifs is 2. The molecule has 10 nitrogen and oxygen atoms in total. The largest absolute Gasteiger partial charge is 0.471 e. The van der Waals surface area contributed by atoms with Gasteiger partial charge in [0.05, 0.1) is 17.8 Å². The molecule has 0 radical (unpaired) electrons. The summed E-state index contributed by atoms with van der Waals surface area (Å²) < 4.78 is 40.4. The lowest BCUT2D eigenvalue weighted by atomic mass is 9.85. The molecule has 1 aliphatic carbocycles. The van der Waals surface area contributed by atoms with Crippen molar-refractivity contribution in [2.75, 3.05) is 6.54 Å². The third-order valence-corrected chi connectivity index (χ3v) is 7.44. The number of hydrogen-bond donors (Lipinski definition) is 2. The van der Waals surface area contributed by atoms with Crippen molar-refractivity contribution in [2.24, 2.45) is 22.7 Å². The van der Waals surface area contributed by atoms with E-state index in [2.05, 4.69) is 15.4 Å². The fourth-order valence-electron chi connectivity index (χ4n) is 5.30. The van der Waals surface area contributed by atoms with Gasteiger partial charge in [-0.15, -0.1) is 0 Å². The lowest BCUT2D eigenvalue weighted by molar-refractivity contribution is -0.176. The second kappa shape index (κ2) is 8.71. The lowest BCUT2D eigenvalue weighted by Gasteiger charge is -2.37. The molecule has 3 heterocycles. The number of halogens is 3. The van der Waals surface area contributed by atoms with Gasteiger partial charge < -0.3 is 15.5 Å². The van der Waals surface area contributed by atoms with Crippen molar-refractivity contribution in [3.8, 4) is 6.07 Å². The second-order valence-corrected chi connectivity index (χ2v) is 11.2. The Balaban J connectivity index is 1.61. The number of nitrogens with zero attached hydrogens (tertiary/aromatic N) is 5. The summed E-state index contributed by atoms with van der Waals surface area (Å²) >= 11 is 0. The number of amides is 3. The predicted octanol–water partition coefficient (Wildman–Crippen LogP) is 1.99. The molecule has 37 heavy (non-hydrogen) atoms. The molecule has 5 atom stereocenters. The van der Waals surface area contributed by atoms with Gasteiger partial charge in [0, 0.05) is 18.9 Å². The van der Waals surface area contributed by atoms with E-state index in [4.69, 9.17) is 0 Å². The number of aromatic nitrogens is 3. The number of nitriles is 1. The van der Waals surface area contributed by atoms with Crippen LogP contribution < -0.4 is 10.6 Å². The number of hydrogen-bond acceptors (Lipinski definition) is 6. The zero-order valence-corrected chi connectivity index (χ0v) is 21.0.